The summed E-state index contributed by atoms with van der Waals surface area (Å²) in [7, 11) is 0. The molecular formula is C27H27F3N4O4. The fourth-order valence-corrected chi connectivity index (χ4v) is 4.90. The van der Waals surface area contributed by atoms with Crippen molar-refractivity contribution in [2.24, 2.45) is 0 Å². The van der Waals surface area contributed by atoms with Gasteiger partial charge in [-0.3, -0.25) is 14.8 Å². The van der Waals surface area contributed by atoms with Crippen LogP contribution in [-0.4, -0.2) is 60.0 Å². The van der Waals surface area contributed by atoms with Gasteiger partial charge in [-0.15, -0.1) is 0 Å². The van der Waals surface area contributed by atoms with Crippen molar-refractivity contribution in [3.63, 3.8) is 0 Å². The molecule has 0 bridgehead atoms. The number of rotatable bonds is 6. The van der Waals surface area contributed by atoms with Crippen LogP contribution < -0.4 is 10.2 Å². The second-order valence-electron chi connectivity index (χ2n) is 9.28. The topological polar surface area (TPSA) is 96.8 Å². The second kappa shape index (κ2) is 10.7. The molecule has 38 heavy (non-hydrogen) atoms. The van der Waals surface area contributed by atoms with Crippen molar-refractivity contribution in [3.05, 3.63) is 71.3 Å². The van der Waals surface area contributed by atoms with E-state index in [0.717, 1.165) is 46.9 Å². The number of ether oxygens (including phenoxy) is 2. The van der Waals surface area contributed by atoms with Crippen LogP contribution in [0.2, 0.25) is 0 Å². The monoisotopic (exact) mass is 528 g/mol. The summed E-state index contributed by atoms with van der Waals surface area (Å²) in [5.41, 5.74) is 3.51. The van der Waals surface area contributed by atoms with Crippen LogP contribution >= 0.6 is 0 Å². The van der Waals surface area contributed by atoms with E-state index in [4.69, 9.17) is 14.5 Å². The maximum absolute atomic E-state index is 13.0. The number of halogens is 3. The average Bonchev–Trinajstić information content (AvgIpc) is 2.92. The first-order valence-electron chi connectivity index (χ1n) is 12.3. The van der Waals surface area contributed by atoms with E-state index < -0.39 is 17.8 Å². The van der Waals surface area contributed by atoms with Crippen molar-refractivity contribution in [2.75, 3.05) is 43.2 Å². The molecule has 4 heterocycles. The molecule has 0 saturated carbocycles. The SMILES string of the molecule is Cc1ccc(NC(=O)c2ccnc(C(F)(F)F)c2)cc1-c1cnc2c(c1)N1CCOC[C@@H]1C[C@@H]2OCCO. The van der Waals surface area contributed by atoms with Gasteiger partial charge in [-0.05, 0) is 48.4 Å². The molecular weight excluding hydrogens is 501 g/mol. The molecule has 0 unspecified atom stereocenters. The molecule has 1 aromatic carbocycles. The van der Waals surface area contributed by atoms with Crippen molar-refractivity contribution < 1.29 is 32.5 Å². The number of benzene rings is 1. The van der Waals surface area contributed by atoms with Crippen LogP contribution in [-0.2, 0) is 15.7 Å². The number of carbonyl (C=O) groups is 1. The summed E-state index contributed by atoms with van der Waals surface area (Å²) in [6, 6.07) is 9.45. The van der Waals surface area contributed by atoms with Crippen LogP contribution in [0.15, 0.2) is 48.8 Å². The zero-order valence-electron chi connectivity index (χ0n) is 20.7. The summed E-state index contributed by atoms with van der Waals surface area (Å²) in [5, 5.41) is 11.9. The minimum absolute atomic E-state index is 0.0798. The van der Waals surface area contributed by atoms with Crippen molar-refractivity contribution in [3.8, 4) is 11.1 Å². The Hall–Kier alpha value is -3.54. The highest BCUT2D eigenvalue weighted by molar-refractivity contribution is 6.04. The summed E-state index contributed by atoms with van der Waals surface area (Å²) in [6.45, 7) is 3.97. The van der Waals surface area contributed by atoms with Crippen molar-refractivity contribution in [1.29, 1.82) is 0 Å². The van der Waals surface area contributed by atoms with Gasteiger partial charge in [0.15, 0.2) is 0 Å². The summed E-state index contributed by atoms with van der Waals surface area (Å²) >= 11 is 0. The maximum atomic E-state index is 13.0. The minimum atomic E-state index is -4.64. The molecule has 0 spiro atoms. The lowest BCUT2D eigenvalue weighted by Crippen LogP contribution is -2.49. The summed E-state index contributed by atoms with van der Waals surface area (Å²) < 4.78 is 50.6. The third-order valence-electron chi connectivity index (χ3n) is 6.75. The molecule has 2 atom stereocenters. The van der Waals surface area contributed by atoms with Gasteiger partial charge in [-0.1, -0.05) is 6.07 Å². The molecule has 2 aliphatic heterocycles. The number of alkyl halides is 3. The maximum Gasteiger partial charge on any atom is 0.433 e. The van der Waals surface area contributed by atoms with Gasteiger partial charge in [0.2, 0.25) is 0 Å². The van der Waals surface area contributed by atoms with E-state index in [2.05, 4.69) is 15.2 Å². The number of morpholine rings is 1. The van der Waals surface area contributed by atoms with Crippen LogP contribution in [0.4, 0.5) is 24.5 Å². The first kappa shape index (κ1) is 26.1. The van der Waals surface area contributed by atoms with E-state index in [0.29, 0.717) is 25.3 Å². The van der Waals surface area contributed by atoms with Gasteiger partial charge in [-0.25, -0.2) is 0 Å². The quantitative estimate of drug-likeness (QED) is 0.490. The Bertz CT molecular complexity index is 1330. The molecule has 3 aromatic rings. The number of hydrogen-bond donors (Lipinski definition) is 2. The van der Waals surface area contributed by atoms with E-state index in [1.807, 2.05) is 19.1 Å². The number of pyridine rings is 2. The molecule has 1 amide bonds. The zero-order valence-corrected chi connectivity index (χ0v) is 20.7. The number of aryl methyl sites for hydroxylation is 1. The normalized spacial score (nSPS) is 19.0. The van der Waals surface area contributed by atoms with Gasteiger partial charge in [0.25, 0.3) is 5.91 Å². The van der Waals surface area contributed by atoms with Crippen LogP contribution in [0, 0.1) is 6.92 Å². The molecule has 2 aliphatic rings. The molecule has 8 nitrogen and oxygen atoms in total. The Morgan fingerprint density at radius 1 is 1.24 bits per heavy atom. The smallest absolute Gasteiger partial charge is 0.394 e. The number of anilines is 2. The summed E-state index contributed by atoms with van der Waals surface area (Å²) in [4.78, 5) is 23.1. The van der Waals surface area contributed by atoms with Crippen LogP contribution in [0.3, 0.4) is 0 Å². The predicted molar refractivity (Wildman–Crippen MR) is 134 cm³/mol. The average molecular weight is 529 g/mol. The fourth-order valence-electron chi connectivity index (χ4n) is 4.90. The number of aliphatic hydroxyl groups is 1. The number of hydrogen-bond acceptors (Lipinski definition) is 7. The minimum Gasteiger partial charge on any atom is -0.394 e. The Kier molecular flexibility index (Phi) is 7.33. The molecule has 0 aliphatic carbocycles. The van der Waals surface area contributed by atoms with Crippen molar-refractivity contribution >= 4 is 17.3 Å². The molecule has 200 valence electrons. The molecule has 2 N–H and O–H groups in total. The number of aliphatic hydroxyl groups excluding tert-OH is 1. The van der Waals surface area contributed by atoms with Crippen LogP contribution in [0.25, 0.3) is 11.1 Å². The van der Waals surface area contributed by atoms with E-state index >= 15 is 0 Å². The third-order valence-corrected chi connectivity index (χ3v) is 6.75. The Morgan fingerprint density at radius 3 is 2.87 bits per heavy atom. The molecule has 0 radical (unpaired) electrons. The Labute approximate surface area is 217 Å². The van der Waals surface area contributed by atoms with Gasteiger partial charge in [0, 0.05) is 42.2 Å². The Balaban J connectivity index is 1.44. The highest BCUT2D eigenvalue weighted by atomic mass is 19.4. The van der Waals surface area contributed by atoms with E-state index in [-0.39, 0.29) is 30.9 Å². The largest absolute Gasteiger partial charge is 0.433 e. The Morgan fingerprint density at radius 2 is 2.08 bits per heavy atom. The number of carbonyl (C=O) groups excluding carboxylic acids is 1. The number of aromatic nitrogens is 2. The number of fused-ring (bicyclic) bond motifs is 3. The first-order chi connectivity index (χ1) is 18.2. The predicted octanol–water partition coefficient (Wildman–Crippen LogP) is 4.38. The van der Waals surface area contributed by atoms with E-state index in [1.165, 1.54) is 6.07 Å². The number of nitrogens with one attached hydrogen (secondary N) is 1. The van der Waals surface area contributed by atoms with Gasteiger partial charge < -0.3 is 24.8 Å². The van der Waals surface area contributed by atoms with E-state index in [9.17, 15) is 23.1 Å². The lowest BCUT2D eigenvalue weighted by Gasteiger charge is -2.44. The standard InChI is InChI=1S/C27H27F3N4O4/c1-16-2-3-19(33-26(36)17-4-5-31-24(11-17)27(28,29)30)12-21(16)18-10-22-25(32-14-18)23(38-9-7-35)13-20-15-37-8-6-34(20)22/h2-5,10-12,14,20,23,35H,6-9,13,15H2,1H3,(H,33,36)/t20-,23-/m0/s1. The fraction of sp³-hybridized carbons (Fsp3) is 0.370. The molecule has 5 rings (SSSR count). The lowest BCUT2D eigenvalue weighted by atomic mass is 9.93. The lowest BCUT2D eigenvalue weighted by molar-refractivity contribution is -0.141. The summed E-state index contributed by atoms with van der Waals surface area (Å²) in [5.74, 6) is -0.670. The van der Waals surface area contributed by atoms with Gasteiger partial charge in [-0.2, -0.15) is 13.2 Å². The van der Waals surface area contributed by atoms with Gasteiger partial charge in [0.05, 0.1) is 43.9 Å². The molecule has 2 aromatic heterocycles. The second-order valence-corrected chi connectivity index (χ2v) is 9.28. The highest BCUT2D eigenvalue weighted by Crippen LogP contribution is 2.41. The zero-order chi connectivity index (χ0) is 26.9. The van der Waals surface area contributed by atoms with E-state index in [1.54, 1.807) is 18.3 Å². The number of amides is 1. The van der Waals surface area contributed by atoms with Crippen molar-refractivity contribution in [2.45, 2.75) is 31.7 Å². The van der Waals surface area contributed by atoms with Crippen molar-refractivity contribution in [1.82, 2.24) is 9.97 Å². The molecule has 1 fully saturated rings. The van der Waals surface area contributed by atoms with Crippen LogP contribution in [0.1, 0.15) is 39.8 Å². The molecule has 1 saturated heterocycles. The molecule has 11 heteroatoms. The van der Waals surface area contributed by atoms with Gasteiger partial charge in [0.1, 0.15) is 11.8 Å². The number of nitrogens with zero attached hydrogens (tertiary/aromatic N) is 3. The summed E-state index contributed by atoms with van der Waals surface area (Å²) in [6.07, 6.45) is -1.48. The van der Waals surface area contributed by atoms with Gasteiger partial charge >= 0.3 is 6.18 Å². The first-order valence-corrected chi connectivity index (χ1v) is 12.3. The highest BCUT2D eigenvalue weighted by Gasteiger charge is 2.36. The van der Waals surface area contributed by atoms with Crippen LogP contribution in [0.5, 0.6) is 0 Å². The third kappa shape index (κ3) is 5.35.